The van der Waals surface area contributed by atoms with Crippen LogP contribution in [0.25, 0.3) is 10.9 Å². The van der Waals surface area contributed by atoms with Crippen LogP contribution in [0.4, 0.5) is 5.69 Å². The molecule has 0 spiro atoms. The molecule has 0 aliphatic rings. The minimum absolute atomic E-state index is 0.0585. The van der Waals surface area contributed by atoms with E-state index < -0.39 is 12.0 Å². The van der Waals surface area contributed by atoms with E-state index in [-0.39, 0.29) is 12.5 Å². The van der Waals surface area contributed by atoms with Gasteiger partial charge < -0.3 is 20.4 Å². The van der Waals surface area contributed by atoms with Gasteiger partial charge in [-0.1, -0.05) is 34.1 Å². The number of carbonyl (C=O) groups excluding carboxylic acids is 2. The number of esters is 1. The van der Waals surface area contributed by atoms with Crippen molar-refractivity contribution in [3.8, 4) is 0 Å². The van der Waals surface area contributed by atoms with Crippen molar-refractivity contribution in [1.82, 2.24) is 10.3 Å². The molecule has 1 amide bonds. The second-order valence-electron chi connectivity index (χ2n) is 6.07. The topological polar surface area (TPSA) is 83.2 Å². The second kappa shape index (κ2) is 8.73. The Balaban J connectivity index is 1.65. The minimum Gasteiger partial charge on any atom is -0.467 e. The molecule has 6 nitrogen and oxygen atoms in total. The van der Waals surface area contributed by atoms with Gasteiger partial charge in [-0.15, -0.1) is 0 Å². The SMILES string of the molecule is COC(=O)[C@H](Cc1c[nH]c2ccccc12)NC(=O)CNc1ccc(Br)cc1. The highest BCUT2D eigenvalue weighted by Crippen LogP contribution is 2.19. The molecule has 0 bridgehead atoms. The molecule has 0 saturated heterocycles. The number of H-pyrrole nitrogens is 1. The number of rotatable bonds is 7. The number of amides is 1. The lowest BCUT2D eigenvalue weighted by Crippen LogP contribution is -2.45. The fourth-order valence-corrected chi connectivity index (χ4v) is 3.12. The van der Waals surface area contributed by atoms with Crippen molar-refractivity contribution in [3.63, 3.8) is 0 Å². The zero-order chi connectivity index (χ0) is 19.2. The molecule has 0 aliphatic heterocycles. The van der Waals surface area contributed by atoms with E-state index in [0.717, 1.165) is 26.6 Å². The fourth-order valence-electron chi connectivity index (χ4n) is 2.85. The summed E-state index contributed by atoms with van der Waals surface area (Å²) in [4.78, 5) is 27.6. The third kappa shape index (κ3) is 4.89. The van der Waals surface area contributed by atoms with Gasteiger partial charge in [0.25, 0.3) is 0 Å². The first-order valence-corrected chi connectivity index (χ1v) is 9.27. The smallest absolute Gasteiger partial charge is 0.328 e. The van der Waals surface area contributed by atoms with E-state index in [1.54, 1.807) is 0 Å². The lowest BCUT2D eigenvalue weighted by atomic mass is 10.0. The number of nitrogens with one attached hydrogen (secondary N) is 3. The maximum Gasteiger partial charge on any atom is 0.328 e. The van der Waals surface area contributed by atoms with Gasteiger partial charge in [0.2, 0.25) is 5.91 Å². The Hall–Kier alpha value is -2.80. The number of benzene rings is 2. The molecular weight excluding hydrogens is 410 g/mol. The zero-order valence-electron chi connectivity index (χ0n) is 14.8. The van der Waals surface area contributed by atoms with Crippen LogP contribution < -0.4 is 10.6 Å². The van der Waals surface area contributed by atoms with E-state index in [1.807, 2.05) is 54.7 Å². The monoisotopic (exact) mass is 429 g/mol. The summed E-state index contributed by atoms with van der Waals surface area (Å²) in [6, 6.07) is 14.6. The number of aromatic amines is 1. The number of carbonyl (C=O) groups is 2. The highest BCUT2D eigenvalue weighted by Gasteiger charge is 2.23. The summed E-state index contributed by atoms with van der Waals surface area (Å²) < 4.78 is 5.82. The van der Waals surface area contributed by atoms with Gasteiger partial charge in [-0.2, -0.15) is 0 Å². The largest absolute Gasteiger partial charge is 0.467 e. The summed E-state index contributed by atoms with van der Waals surface area (Å²) in [5.41, 5.74) is 2.75. The Kier molecular flexibility index (Phi) is 6.13. The fraction of sp³-hybridized carbons (Fsp3) is 0.200. The molecule has 140 valence electrons. The predicted molar refractivity (Wildman–Crippen MR) is 109 cm³/mol. The van der Waals surface area contributed by atoms with Crippen LogP contribution in [-0.4, -0.2) is 36.6 Å². The van der Waals surface area contributed by atoms with Crippen molar-refractivity contribution in [2.75, 3.05) is 19.0 Å². The van der Waals surface area contributed by atoms with Crippen LogP contribution in [0.2, 0.25) is 0 Å². The average Bonchev–Trinajstić information content (AvgIpc) is 3.09. The summed E-state index contributed by atoms with van der Waals surface area (Å²) in [6.07, 6.45) is 2.20. The normalized spacial score (nSPS) is 11.8. The standard InChI is InChI=1S/C20H20BrN3O3/c1-27-20(26)18(10-13-11-23-17-5-3-2-4-16(13)17)24-19(25)12-22-15-8-6-14(21)7-9-15/h2-9,11,18,22-23H,10,12H2,1H3,(H,24,25)/t18-/m0/s1. The zero-order valence-corrected chi connectivity index (χ0v) is 16.4. The van der Waals surface area contributed by atoms with Crippen LogP contribution in [0, 0.1) is 0 Å². The van der Waals surface area contributed by atoms with Crippen molar-refractivity contribution in [2.24, 2.45) is 0 Å². The third-order valence-corrected chi connectivity index (χ3v) is 4.75. The van der Waals surface area contributed by atoms with Gasteiger partial charge in [-0.3, -0.25) is 4.79 Å². The number of ether oxygens (including phenoxy) is 1. The minimum atomic E-state index is -0.756. The maximum atomic E-state index is 12.3. The molecule has 1 atom stereocenters. The van der Waals surface area contributed by atoms with Crippen LogP contribution >= 0.6 is 15.9 Å². The summed E-state index contributed by atoms with van der Waals surface area (Å²) in [6.45, 7) is 0.0585. The first-order chi connectivity index (χ1) is 13.1. The summed E-state index contributed by atoms with van der Waals surface area (Å²) >= 11 is 3.37. The van der Waals surface area contributed by atoms with E-state index in [0.29, 0.717) is 6.42 Å². The molecule has 0 radical (unpaired) electrons. The van der Waals surface area contributed by atoms with E-state index >= 15 is 0 Å². The lowest BCUT2D eigenvalue weighted by molar-refractivity contribution is -0.144. The van der Waals surface area contributed by atoms with Crippen LogP contribution in [0.1, 0.15) is 5.56 Å². The van der Waals surface area contributed by atoms with Crippen molar-refractivity contribution in [2.45, 2.75) is 12.5 Å². The van der Waals surface area contributed by atoms with Gasteiger partial charge in [0, 0.05) is 33.7 Å². The first-order valence-electron chi connectivity index (χ1n) is 8.48. The number of hydrogen-bond donors (Lipinski definition) is 3. The first kappa shape index (κ1) is 19.0. The van der Waals surface area contributed by atoms with Gasteiger partial charge in [-0.05, 0) is 35.9 Å². The molecule has 1 heterocycles. The quantitative estimate of drug-likeness (QED) is 0.503. The van der Waals surface area contributed by atoms with Gasteiger partial charge in [0.15, 0.2) is 0 Å². The second-order valence-corrected chi connectivity index (χ2v) is 6.98. The van der Waals surface area contributed by atoms with Crippen LogP contribution in [-0.2, 0) is 20.7 Å². The molecule has 0 unspecified atom stereocenters. The molecule has 0 aliphatic carbocycles. The van der Waals surface area contributed by atoms with Gasteiger partial charge in [0.1, 0.15) is 6.04 Å². The van der Waals surface area contributed by atoms with Gasteiger partial charge in [0.05, 0.1) is 13.7 Å². The molecule has 3 rings (SSSR count). The molecule has 3 N–H and O–H groups in total. The Morgan fingerprint density at radius 3 is 2.63 bits per heavy atom. The number of methoxy groups -OCH3 is 1. The summed E-state index contributed by atoms with van der Waals surface area (Å²) in [7, 11) is 1.32. The Morgan fingerprint density at radius 2 is 1.89 bits per heavy atom. The van der Waals surface area contributed by atoms with Crippen molar-refractivity contribution >= 4 is 44.4 Å². The van der Waals surface area contributed by atoms with Gasteiger partial charge in [-0.25, -0.2) is 4.79 Å². The molecule has 0 saturated carbocycles. The number of fused-ring (bicyclic) bond motifs is 1. The molecule has 27 heavy (non-hydrogen) atoms. The number of anilines is 1. The van der Waals surface area contributed by atoms with Crippen LogP contribution in [0.15, 0.2) is 59.2 Å². The predicted octanol–water partition coefficient (Wildman–Crippen LogP) is 3.24. The van der Waals surface area contributed by atoms with Gasteiger partial charge >= 0.3 is 5.97 Å². The molecule has 7 heteroatoms. The van der Waals surface area contributed by atoms with Crippen molar-refractivity contribution < 1.29 is 14.3 Å². The number of halogens is 1. The Morgan fingerprint density at radius 1 is 1.15 bits per heavy atom. The number of hydrogen-bond acceptors (Lipinski definition) is 4. The van der Waals surface area contributed by atoms with E-state index in [9.17, 15) is 9.59 Å². The third-order valence-electron chi connectivity index (χ3n) is 4.22. The van der Waals surface area contributed by atoms with E-state index in [2.05, 4.69) is 31.5 Å². The van der Waals surface area contributed by atoms with E-state index in [4.69, 9.17) is 4.74 Å². The molecule has 1 aromatic heterocycles. The Labute approximate surface area is 165 Å². The highest BCUT2D eigenvalue weighted by molar-refractivity contribution is 9.10. The van der Waals surface area contributed by atoms with Crippen molar-refractivity contribution in [3.05, 3.63) is 64.8 Å². The van der Waals surface area contributed by atoms with Crippen LogP contribution in [0.5, 0.6) is 0 Å². The lowest BCUT2D eigenvalue weighted by Gasteiger charge is -2.17. The summed E-state index contributed by atoms with van der Waals surface area (Å²) in [5.74, 6) is -0.759. The number of para-hydroxylation sites is 1. The molecular formula is C20H20BrN3O3. The Bertz CT molecular complexity index is 937. The summed E-state index contributed by atoms with van der Waals surface area (Å²) in [5, 5.41) is 6.81. The maximum absolute atomic E-state index is 12.3. The van der Waals surface area contributed by atoms with E-state index in [1.165, 1.54) is 7.11 Å². The highest BCUT2D eigenvalue weighted by atomic mass is 79.9. The average molecular weight is 430 g/mol. The van der Waals surface area contributed by atoms with Crippen molar-refractivity contribution in [1.29, 1.82) is 0 Å². The molecule has 2 aromatic carbocycles. The molecule has 0 fully saturated rings. The molecule has 3 aromatic rings. The number of aromatic nitrogens is 1. The van der Waals surface area contributed by atoms with Crippen LogP contribution in [0.3, 0.4) is 0 Å².